The molecule has 1 saturated carbocycles. The number of furan rings is 1. The maximum Gasteiger partial charge on any atom is 0.294 e. The molecule has 3 aromatic rings. The Bertz CT molecular complexity index is 1490. The van der Waals surface area contributed by atoms with Crippen LogP contribution in [0.3, 0.4) is 0 Å². The third-order valence-electron chi connectivity index (χ3n) is 8.21. The van der Waals surface area contributed by atoms with E-state index >= 15 is 0 Å². The van der Waals surface area contributed by atoms with Crippen LogP contribution in [-0.4, -0.2) is 78.8 Å². The maximum absolute atomic E-state index is 13.7. The van der Waals surface area contributed by atoms with Gasteiger partial charge in [0.25, 0.3) is 11.8 Å². The van der Waals surface area contributed by atoms with Crippen molar-refractivity contribution in [2.75, 3.05) is 51.0 Å². The molecule has 4 amide bonds. The molecule has 3 heterocycles. The topological polar surface area (TPSA) is 134 Å². The van der Waals surface area contributed by atoms with Crippen molar-refractivity contribution in [3.63, 3.8) is 0 Å². The number of ether oxygens (including phenoxy) is 1. The van der Waals surface area contributed by atoms with Gasteiger partial charge in [0.05, 0.1) is 22.6 Å². The van der Waals surface area contributed by atoms with Crippen molar-refractivity contribution in [1.82, 2.24) is 14.8 Å². The number of halogens is 1. The number of likely N-dealkylation sites (N-methyl/N-ethyl adjacent to an activating group) is 1. The normalized spacial score (nSPS) is 18.4. The lowest BCUT2D eigenvalue weighted by molar-refractivity contribution is -0.136. The number of pyridine rings is 1. The molecule has 1 saturated heterocycles. The van der Waals surface area contributed by atoms with Gasteiger partial charge in [-0.2, -0.15) is 0 Å². The van der Waals surface area contributed by atoms with Crippen LogP contribution in [0.2, 0.25) is 5.02 Å². The third-order valence-corrected chi connectivity index (χ3v) is 8.44. The summed E-state index contributed by atoms with van der Waals surface area (Å²) in [6, 6.07) is 8.07. The Hall–Kier alpha value is -3.96. The highest BCUT2D eigenvalue weighted by Crippen LogP contribution is 2.37. The molecule has 228 valence electrons. The number of fused-ring (bicyclic) bond motifs is 1. The van der Waals surface area contributed by atoms with E-state index in [1.165, 1.54) is 11.1 Å². The van der Waals surface area contributed by atoms with Crippen molar-refractivity contribution >= 4 is 57.7 Å². The van der Waals surface area contributed by atoms with Crippen molar-refractivity contribution in [2.45, 2.75) is 38.5 Å². The fourth-order valence-electron chi connectivity index (χ4n) is 5.79. The number of amides is 4. The summed E-state index contributed by atoms with van der Waals surface area (Å²) >= 11 is 5.93. The summed E-state index contributed by atoms with van der Waals surface area (Å²) in [5.74, 6) is -1.40. The molecular formula is C31H36ClN5O6. The second kappa shape index (κ2) is 13.6. The molecule has 1 aliphatic carbocycles. The summed E-state index contributed by atoms with van der Waals surface area (Å²) in [4.78, 5) is 61.0. The van der Waals surface area contributed by atoms with Crippen LogP contribution < -0.4 is 10.6 Å². The number of likely N-dealkylation sites (tertiary alicyclic amines) is 1. The number of benzene rings is 1. The summed E-state index contributed by atoms with van der Waals surface area (Å²) in [7, 11) is 3.21. The molecule has 2 N–H and O–H groups in total. The monoisotopic (exact) mass is 609 g/mol. The van der Waals surface area contributed by atoms with Crippen LogP contribution in [0.5, 0.6) is 0 Å². The predicted octanol–water partition coefficient (Wildman–Crippen LogP) is 4.82. The standard InChI is InChI=1S/C31H36ClN5O6/c1-36(16-17-42-2)31(41)22-6-5-7-23-25(22)26(27(43-23)29(39)34-24-13-12-21(32)18-33-24)35-28(38)19-8-10-20(11-9-19)30(40)37-14-3-4-15-37/h5-7,12-13,18-20H,3-4,8-11,14-17H2,1-2H3,(H,35,38)(H,33,34,39)/t19-,20-. The summed E-state index contributed by atoms with van der Waals surface area (Å²) in [5, 5.41) is 6.35. The lowest BCUT2D eigenvalue weighted by atomic mass is 9.81. The number of carbonyl (C=O) groups is 4. The van der Waals surface area contributed by atoms with Gasteiger partial charge in [-0.3, -0.25) is 19.2 Å². The summed E-state index contributed by atoms with van der Waals surface area (Å²) in [5.41, 5.74) is 0.667. The highest BCUT2D eigenvalue weighted by atomic mass is 35.5. The van der Waals surface area contributed by atoms with Gasteiger partial charge in [0.2, 0.25) is 17.6 Å². The number of carbonyl (C=O) groups excluding carboxylic acids is 4. The number of hydrogen-bond donors (Lipinski definition) is 2. The summed E-state index contributed by atoms with van der Waals surface area (Å²) in [6.45, 7) is 2.31. The smallest absolute Gasteiger partial charge is 0.294 e. The molecule has 43 heavy (non-hydrogen) atoms. The zero-order valence-electron chi connectivity index (χ0n) is 24.4. The molecular weight excluding hydrogens is 574 g/mol. The first kappa shape index (κ1) is 30.5. The van der Waals surface area contributed by atoms with E-state index in [2.05, 4.69) is 15.6 Å². The molecule has 2 aliphatic rings. The molecule has 0 bridgehead atoms. The van der Waals surface area contributed by atoms with E-state index in [0.717, 1.165) is 25.9 Å². The number of anilines is 2. The van der Waals surface area contributed by atoms with Crippen LogP contribution in [0.25, 0.3) is 11.0 Å². The maximum atomic E-state index is 13.7. The second-order valence-electron chi connectivity index (χ2n) is 11.1. The zero-order valence-corrected chi connectivity index (χ0v) is 25.1. The van der Waals surface area contributed by atoms with E-state index in [9.17, 15) is 19.2 Å². The molecule has 12 heteroatoms. The Balaban J connectivity index is 1.42. The van der Waals surface area contributed by atoms with Crippen molar-refractivity contribution in [3.05, 3.63) is 52.9 Å². The fourth-order valence-corrected chi connectivity index (χ4v) is 5.90. The molecule has 2 fully saturated rings. The first-order chi connectivity index (χ1) is 20.8. The molecule has 1 aliphatic heterocycles. The number of rotatable bonds is 9. The largest absolute Gasteiger partial charge is 0.449 e. The average molecular weight is 610 g/mol. The summed E-state index contributed by atoms with van der Waals surface area (Å²) < 4.78 is 11.1. The Labute approximate surface area is 254 Å². The molecule has 0 unspecified atom stereocenters. The van der Waals surface area contributed by atoms with Crippen LogP contribution in [0.15, 0.2) is 40.9 Å². The second-order valence-corrected chi connectivity index (χ2v) is 11.5. The van der Waals surface area contributed by atoms with E-state index in [4.69, 9.17) is 20.8 Å². The first-order valence-corrected chi connectivity index (χ1v) is 15.0. The highest BCUT2D eigenvalue weighted by Gasteiger charge is 2.34. The molecule has 5 rings (SSSR count). The minimum absolute atomic E-state index is 0.0722. The van der Waals surface area contributed by atoms with Crippen LogP contribution in [0, 0.1) is 11.8 Å². The molecule has 0 radical (unpaired) electrons. The zero-order chi connectivity index (χ0) is 30.5. The van der Waals surface area contributed by atoms with Crippen LogP contribution >= 0.6 is 11.6 Å². The van der Waals surface area contributed by atoms with Gasteiger partial charge in [-0.25, -0.2) is 4.98 Å². The van der Waals surface area contributed by atoms with Crippen LogP contribution in [0.4, 0.5) is 11.5 Å². The van der Waals surface area contributed by atoms with Crippen molar-refractivity contribution in [2.24, 2.45) is 11.8 Å². The minimum atomic E-state index is -0.646. The van der Waals surface area contributed by atoms with Gasteiger partial charge < -0.3 is 29.6 Å². The molecule has 2 aromatic heterocycles. The Morgan fingerprint density at radius 3 is 2.44 bits per heavy atom. The van der Waals surface area contributed by atoms with Crippen molar-refractivity contribution in [3.8, 4) is 0 Å². The Morgan fingerprint density at radius 2 is 1.77 bits per heavy atom. The average Bonchev–Trinajstić information content (AvgIpc) is 3.69. The van der Waals surface area contributed by atoms with Gasteiger partial charge in [-0.1, -0.05) is 17.7 Å². The van der Waals surface area contributed by atoms with Gasteiger partial charge in [0.15, 0.2) is 0 Å². The van der Waals surface area contributed by atoms with E-state index in [1.54, 1.807) is 44.5 Å². The number of nitrogens with one attached hydrogen (secondary N) is 2. The predicted molar refractivity (Wildman–Crippen MR) is 162 cm³/mol. The van der Waals surface area contributed by atoms with Crippen molar-refractivity contribution in [1.29, 1.82) is 0 Å². The van der Waals surface area contributed by atoms with Gasteiger partial charge in [0, 0.05) is 51.8 Å². The molecule has 0 spiro atoms. The van der Waals surface area contributed by atoms with Gasteiger partial charge >= 0.3 is 0 Å². The molecule has 11 nitrogen and oxygen atoms in total. The summed E-state index contributed by atoms with van der Waals surface area (Å²) in [6.07, 6.45) is 5.83. The Morgan fingerprint density at radius 1 is 1.05 bits per heavy atom. The number of hydrogen-bond acceptors (Lipinski definition) is 7. The Kier molecular flexibility index (Phi) is 9.62. The third kappa shape index (κ3) is 6.83. The lowest BCUT2D eigenvalue weighted by Crippen LogP contribution is -2.37. The highest BCUT2D eigenvalue weighted by molar-refractivity contribution is 6.30. The first-order valence-electron chi connectivity index (χ1n) is 14.6. The lowest BCUT2D eigenvalue weighted by Gasteiger charge is -2.29. The minimum Gasteiger partial charge on any atom is -0.449 e. The van der Waals surface area contributed by atoms with Gasteiger partial charge in [-0.15, -0.1) is 0 Å². The van der Waals surface area contributed by atoms with E-state index in [1.807, 2.05) is 4.90 Å². The van der Waals surface area contributed by atoms with Gasteiger partial charge in [0.1, 0.15) is 17.1 Å². The van der Waals surface area contributed by atoms with Gasteiger partial charge in [-0.05, 0) is 62.8 Å². The SMILES string of the molecule is COCCN(C)C(=O)c1cccc2oc(C(=O)Nc3ccc(Cl)cn3)c(NC(=O)[C@H]3CC[C@H](C(=O)N4CCCC4)CC3)c12. The van der Waals surface area contributed by atoms with Crippen LogP contribution in [-0.2, 0) is 14.3 Å². The van der Waals surface area contributed by atoms with Crippen molar-refractivity contribution < 1.29 is 28.3 Å². The molecule has 0 atom stereocenters. The van der Waals surface area contributed by atoms with E-state index in [-0.39, 0.29) is 58.0 Å². The van der Waals surface area contributed by atoms with E-state index in [0.29, 0.717) is 49.2 Å². The van der Waals surface area contributed by atoms with E-state index < -0.39 is 5.91 Å². The fraction of sp³-hybridized carbons (Fsp3) is 0.452. The quantitative estimate of drug-likeness (QED) is 0.355. The van der Waals surface area contributed by atoms with Crippen LogP contribution in [0.1, 0.15) is 59.4 Å². The number of aromatic nitrogens is 1. The number of nitrogens with zero attached hydrogens (tertiary/aromatic N) is 3. The molecule has 1 aromatic carbocycles. The number of methoxy groups -OCH3 is 1.